The Hall–Kier alpha value is -1.04. The van der Waals surface area contributed by atoms with Gasteiger partial charge in [0.05, 0.1) is 0 Å². The van der Waals surface area contributed by atoms with Gasteiger partial charge in [-0.05, 0) is 37.8 Å². The Morgan fingerprint density at radius 2 is 2.00 bits per heavy atom. The van der Waals surface area contributed by atoms with E-state index in [2.05, 4.69) is 38.1 Å². The van der Waals surface area contributed by atoms with Crippen LogP contribution in [0.4, 0.5) is 0 Å². The minimum Gasteiger partial charge on any atom is -0.0661 e. The molecule has 0 heteroatoms. The molecule has 62 valence electrons. The Bertz CT molecular complexity index is 326. The van der Waals surface area contributed by atoms with Crippen LogP contribution in [0.25, 0.3) is 5.57 Å². The average molecular weight is 158 g/mol. The van der Waals surface area contributed by atoms with E-state index in [1.165, 1.54) is 29.5 Å². The van der Waals surface area contributed by atoms with Crippen molar-refractivity contribution in [1.29, 1.82) is 0 Å². The first-order valence-electron chi connectivity index (χ1n) is 4.53. The molecule has 1 fully saturated rings. The molecule has 1 saturated carbocycles. The Morgan fingerprint density at radius 1 is 1.25 bits per heavy atom. The number of allylic oxidation sites excluding steroid dienone is 2. The summed E-state index contributed by atoms with van der Waals surface area (Å²) in [6, 6.07) is 8.75. The summed E-state index contributed by atoms with van der Waals surface area (Å²) >= 11 is 0. The minimum atomic E-state index is 1.32. The third kappa shape index (κ3) is 1.42. The average Bonchev–Trinajstić information content (AvgIpc) is 2.85. The maximum atomic E-state index is 2.26. The zero-order chi connectivity index (χ0) is 8.55. The largest absolute Gasteiger partial charge is 0.0661 e. The van der Waals surface area contributed by atoms with Crippen molar-refractivity contribution in [1.82, 2.24) is 0 Å². The lowest BCUT2D eigenvalue weighted by Crippen LogP contribution is -1.80. The summed E-state index contributed by atoms with van der Waals surface area (Å²) in [6.07, 6.45) is 2.64. The lowest BCUT2D eigenvalue weighted by atomic mass is 10.0. The number of rotatable bonds is 1. The molecule has 0 unspecified atom stereocenters. The lowest BCUT2D eigenvalue weighted by molar-refractivity contribution is 1.43. The van der Waals surface area contributed by atoms with Gasteiger partial charge >= 0.3 is 0 Å². The number of benzene rings is 1. The van der Waals surface area contributed by atoms with Crippen molar-refractivity contribution in [2.75, 3.05) is 0 Å². The Morgan fingerprint density at radius 3 is 2.58 bits per heavy atom. The molecule has 2 rings (SSSR count). The van der Waals surface area contributed by atoms with E-state index in [0.717, 1.165) is 0 Å². The molecule has 1 aliphatic rings. The van der Waals surface area contributed by atoms with Crippen molar-refractivity contribution in [3.05, 3.63) is 41.0 Å². The summed E-state index contributed by atoms with van der Waals surface area (Å²) in [5.74, 6) is 0. The molecule has 1 aromatic rings. The molecule has 12 heavy (non-hydrogen) atoms. The van der Waals surface area contributed by atoms with E-state index in [1.807, 2.05) is 0 Å². The zero-order valence-corrected chi connectivity index (χ0v) is 7.72. The van der Waals surface area contributed by atoms with E-state index in [-0.39, 0.29) is 0 Å². The quantitative estimate of drug-likeness (QED) is 0.586. The highest BCUT2D eigenvalue weighted by atomic mass is 14.2. The van der Waals surface area contributed by atoms with Crippen LogP contribution in [-0.2, 0) is 0 Å². The SMILES string of the molecule is CC(=C1CC1)c1cccc(C)c1. The van der Waals surface area contributed by atoms with E-state index >= 15 is 0 Å². The van der Waals surface area contributed by atoms with Gasteiger partial charge in [-0.3, -0.25) is 0 Å². The predicted molar refractivity (Wildman–Crippen MR) is 53.0 cm³/mol. The van der Waals surface area contributed by atoms with Gasteiger partial charge in [-0.2, -0.15) is 0 Å². The highest BCUT2D eigenvalue weighted by molar-refractivity contribution is 5.70. The summed E-state index contributed by atoms with van der Waals surface area (Å²) in [6.45, 7) is 4.38. The molecular formula is C12H14. The maximum Gasteiger partial charge on any atom is -0.0225 e. The van der Waals surface area contributed by atoms with Gasteiger partial charge < -0.3 is 0 Å². The summed E-state index contributed by atoms with van der Waals surface area (Å²) in [5.41, 5.74) is 5.90. The van der Waals surface area contributed by atoms with E-state index in [9.17, 15) is 0 Å². The third-order valence-electron chi connectivity index (χ3n) is 2.48. The second-order valence-corrected chi connectivity index (χ2v) is 3.60. The van der Waals surface area contributed by atoms with Crippen LogP contribution in [0.1, 0.15) is 30.9 Å². The standard InChI is InChI=1S/C12H14/c1-9-4-3-5-12(8-9)10(2)11-6-7-11/h3-5,8H,6-7H2,1-2H3. The first-order chi connectivity index (χ1) is 5.77. The monoisotopic (exact) mass is 158 g/mol. The first kappa shape index (κ1) is 7.60. The van der Waals surface area contributed by atoms with Crippen LogP contribution in [0.2, 0.25) is 0 Å². The molecule has 0 aliphatic heterocycles. The van der Waals surface area contributed by atoms with E-state index in [1.54, 1.807) is 5.57 Å². The van der Waals surface area contributed by atoms with Crippen molar-refractivity contribution in [3.8, 4) is 0 Å². The van der Waals surface area contributed by atoms with Crippen LogP contribution in [0, 0.1) is 6.92 Å². The van der Waals surface area contributed by atoms with E-state index < -0.39 is 0 Å². The van der Waals surface area contributed by atoms with Crippen molar-refractivity contribution < 1.29 is 0 Å². The summed E-state index contributed by atoms with van der Waals surface area (Å²) in [5, 5.41) is 0. The fourth-order valence-electron chi connectivity index (χ4n) is 1.52. The van der Waals surface area contributed by atoms with Crippen molar-refractivity contribution in [2.24, 2.45) is 0 Å². The highest BCUT2D eigenvalue weighted by Crippen LogP contribution is 2.35. The van der Waals surface area contributed by atoms with Crippen molar-refractivity contribution in [2.45, 2.75) is 26.7 Å². The normalized spacial score (nSPS) is 14.7. The minimum absolute atomic E-state index is 1.32. The summed E-state index contributed by atoms with van der Waals surface area (Å²) < 4.78 is 0. The molecule has 0 atom stereocenters. The number of hydrogen-bond acceptors (Lipinski definition) is 0. The van der Waals surface area contributed by atoms with Gasteiger partial charge in [-0.15, -0.1) is 0 Å². The third-order valence-corrected chi connectivity index (χ3v) is 2.48. The smallest absolute Gasteiger partial charge is 0.0225 e. The molecule has 0 spiro atoms. The Labute approximate surface area is 73.9 Å². The number of hydrogen-bond donors (Lipinski definition) is 0. The van der Waals surface area contributed by atoms with Gasteiger partial charge in [0.2, 0.25) is 0 Å². The van der Waals surface area contributed by atoms with Crippen LogP contribution in [0.15, 0.2) is 29.8 Å². The molecule has 0 aromatic heterocycles. The Kier molecular flexibility index (Phi) is 1.76. The zero-order valence-electron chi connectivity index (χ0n) is 7.72. The number of aryl methyl sites for hydroxylation is 1. The van der Waals surface area contributed by atoms with Crippen LogP contribution >= 0.6 is 0 Å². The van der Waals surface area contributed by atoms with Crippen molar-refractivity contribution >= 4 is 5.57 Å². The molecule has 0 saturated heterocycles. The summed E-state index contributed by atoms with van der Waals surface area (Å²) in [7, 11) is 0. The molecule has 0 bridgehead atoms. The first-order valence-corrected chi connectivity index (χ1v) is 4.53. The highest BCUT2D eigenvalue weighted by Gasteiger charge is 2.15. The topological polar surface area (TPSA) is 0 Å². The molecular weight excluding hydrogens is 144 g/mol. The van der Waals surface area contributed by atoms with Crippen LogP contribution < -0.4 is 0 Å². The molecule has 0 heterocycles. The summed E-state index contributed by atoms with van der Waals surface area (Å²) in [4.78, 5) is 0. The second kappa shape index (κ2) is 2.78. The van der Waals surface area contributed by atoms with Crippen molar-refractivity contribution in [3.63, 3.8) is 0 Å². The molecule has 0 N–H and O–H groups in total. The molecule has 0 radical (unpaired) electrons. The van der Waals surface area contributed by atoms with Gasteiger partial charge in [0.1, 0.15) is 0 Å². The predicted octanol–water partition coefficient (Wildman–Crippen LogP) is 3.56. The van der Waals surface area contributed by atoms with Gasteiger partial charge in [0.15, 0.2) is 0 Å². The lowest BCUT2D eigenvalue weighted by Gasteiger charge is -2.01. The molecule has 0 amide bonds. The van der Waals surface area contributed by atoms with E-state index in [4.69, 9.17) is 0 Å². The van der Waals surface area contributed by atoms with Gasteiger partial charge in [-0.25, -0.2) is 0 Å². The molecule has 0 nitrogen and oxygen atoms in total. The molecule has 1 aliphatic carbocycles. The van der Waals surface area contributed by atoms with Gasteiger partial charge in [0, 0.05) is 0 Å². The second-order valence-electron chi connectivity index (χ2n) is 3.60. The maximum absolute atomic E-state index is 2.26. The van der Waals surface area contributed by atoms with Crippen LogP contribution in [-0.4, -0.2) is 0 Å². The fourth-order valence-corrected chi connectivity index (χ4v) is 1.52. The van der Waals surface area contributed by atoms with Crippen LogP contribution in [0.3, 0.4) is 0 Å². The van der Waals surface area contributed by atoms with Crippen LogP contribution in [0.5, 0.6) is 0 Å². The Balaban J connectivity index is 2.40. The van der Waals surface area contributed by atoms with Gasteiger partial charge in [-0.1, -0.05) is 35.4 Å². The fraction of sp³-hybridized carbons (Fsp3) is 0.333. The van der Waals surface area contributed by atoms with Gasteiger partial charge in [0.25, 0.3) is 0 Å². The van der Waals surface area contributed by atoms with E-state index in [0.29, 0.717) is 0 Å². The molecule has 1 aromatic carbocycles.